The second-order valence-electron chi connectivity index (χ2n) is 4.58. The summed E-state index contributed by atoms with van der Waals surface area (Å²) in [5, 5.41) is 31.3. The van der Waals surface area contributed by atoms with E-state index in [0.29, 0.717) is 0 Å². The molecule has 0 bridgehead atoms. The molecule has 0 unspecified atom stereocenters. The average Bonchev–Trinajstić information content (AvgIpc) is 2.70. The Labute approximate surface area is 113 Å². The minimum Gasteiger partial charge on any atom is -0.394 e. The Morgan fingerprint density at radius 3 is 2.65 bits per heavy atom. The van der Waals surface area contributed by atoms with Gasteiger partial charge in [-0.1, -0.05) is 0 Å². The quantitative estimate of drug-likeness (QED) is 0.395. The fraction of sp³-hybridized carbons (Fsp3) is 0.636. The minimum atomic E-state index is -1.38. The molecule has 0 radical (unpaired) electrons. The maximum Gasteiger partial charge on any atom is 0.330 e. The zero-order valence-corrected chi connectivity index (χ0v) is 10.8. The molecule has 0 aromatic carbocycles. The highest BCUT2D eigenvalue weighted by Gasteiger charge is 2.43. The lowest BCUT2D eigenvalue weighted by molar-refractivity contribution is -0.0551. The summed E-state index contributed by atoms with van der Waals surface area (Å²) in [6.45, 7) is -0.263. The van der Waals surface area contributed by atoms with Gasteiger partial charge in [0.2, 0.25) is 0 Å². The van der Waals surface area contributed by atoms with Gasteiger partial charge in [-0.25, -0.2) is 4.79 Å². The van der Waals surface area contributed by atoms with Crippen molar-refractivity contribution in [3.63, 3.8) is 0 Å². The molecule has 20 heavy (non-hydrogen) atoms. The number of nitrogens with zero attached hydrogens (tertiary/aromatic N) is 1. The molecule has 1 aromatic heterocycles. The van der Waals surface area contributed by atoms with Crippen molar-refractivity contribution in [3.05, 3.63) is 32.6 Å². The number of hydrogen-bond acceptors (Lipinski definition) is 7. The first kappa shape index (κ1) is 14.9. The number of H-pyrrole nitrogens is 1. The summed E-state index contributed by atoms with van der Waals surface area (Å²) in [5.41, 5.74) is -1.01. The largest absolute Gasteiger partial charge is 0.394 e. The van der Waals surface area contributed by atoms with Crippen LogP contribution in [0, 0.1) is 0 Å². The predicted molar refractivity (Wildman–Crippen MR) is 67.1 cm³/mol. The van der Waals surface area contributed by atoms with Gasteiger partial charge in [-0.2, -0.15) is 0 Å². The van der Waals surface area contributed by atoms with E-state index in [2.05, 4.69) is 10.3 Å². The van der Waals surface area contributed by atoms with Gasteiger partial charge in [0.15, 0.2) is 6.23 Å². The van der Waals surface area contributed by atoms with Crippen LogP contribution >= 0.6 is 0 Å². The van der Waals surface area contributed by atoms with Crippen molar-refractivity contribution >= 4 is 0 Å². The van der Waals surface area contributed by atoms with Crippen LogP contribution < -0.4 is 16.6 Å². The van der Waals surface area contributed by atoms with Crippen LogP contribution in [0.5, 0.6) is 0 Å². The molecule has 1 saturated heterocycles. The van der Waals surface area contributed by atoms with E-state index in [1.54, 1.807) is 7.05 Å². The number of aliphatic hydroxyl groups is 3. The first-order chi connectivity index (χ1) is 9.49. The van der Waals surface area contributed by atoms with Crippen LogP contribution in [0.3, 0.4) is 0 Å². The van der Waals surface area contributed by atoms with Crippen molar-refractivity contribution in [2.24, 2.45) is 0 Å². The number of aromatic amines is 1. The van der Waals surface area contributed by atoms with E-state index in [4.69, 9.17) is 9.84 Å². The number of rotatable bonds is 4. The fourth-order valence-corrected chi connectivity index (χ4v) is 2.14. The van der Waals surface area contributed by atoms with Crippen LogP contribution in [-0.4, -0.2) is 56.8 Å². The van der Waals surface area contributed by atoms with Gasteiger partial charge < -0.3 is 25.4 Å². The molecule has 0 saturated carbocycles. The lowest BCUT2D eigenvalue weighted by atomic mass is 10.1. The third-order valence-electron chi connectivity index (χ3n) is 3.20. The van der Waals surface area contributed by atoms with Crippen molar-refractivity contribution in [2.75, 3.05) is 13.7 Å². The van der Waals surface area contributed by atoms with Crippen LogP contribution in [0.15, 0.2) is 15.8 Å². The van der Waals surface area contributed by atoms with E-state index in [-0.39, 0.29) is 12.1 Å². The van der Waals surface area contributed by atoms with E-state index in [1.165, 1.54) is 6.20 Å². The van der Waals surface area contributed by atoms with Gasteiger partial charge in [0.1, 0.15) is 18.3 Å². The molecule has 0 amide bonds. The topological polar surface area (TPSA) is 137 Å². The maximum absolute atomic E-state index is 11.8. The Hall–Kier alpha value is -1.52. The Balaban J connectivity index is 2.40. The van der Waals surface area contributed by atoms with Gasteiger partial charge in [-0.15, -0.1) is 0 Å². The molecule has 1 fully saturated rings. The molecule has 1 aliphatic heterocycles. The minimum absolute atomic E-state index is 0.227. The highest BCUT2D eigenvalue weighted by atomic mass is 16.6. The first-order valence-electron chi connectivity index (χ1n) is 6.11. The Morgan fingerprint density at radius 1 is 1.40 bits per heavy atom. The molecule has 9 heteroatoms. The number of ether oxygens (including phenoxy) is 1. The molecule has 2 heterocycles. The summed E-state index contributed by atoms with van der Waals surface area (Å²) in [6, 6.07) is 0. The van der Waals surface area contributed by atoms with Crippen LogP contribution in [0.4, 0.5) is 0 Å². The lowest BCUT2D eigenvalue weighted by Crippen LogP contribution is -2.39. The average molecular weight is 287 g/mol. The van der Waals surface area contributed by atoms with Gasteiger partial charge in [0.05, 0.1) is 6.61 Å². The van der Waals surface area contributed by atoms with Crippen molar-refractivity contribution in [1.82, 2.24) is 14.9 Å². The summed E-state index contributed by atoms with van der Waals surface area (Å²) in [6.07, 6.45) is -3.57. The summed E-state index contributed by atoms with van der Waals surface area (Å²) >= 11 is 0. The monoisotopic (exact) mass is 287 g/mol. The van der Waals surface area contributed by atoms with Crippen LogP contribution in [0.25, 0.3) is 0 Å². The molecule has 112 valence electrons. The molecule has 0 spiro atoms. The fourth-order valence-electron chi connectivity index (χ4n) is 2.14. The van der Waals surface area contributed by atoms with Gasteiger partial charge in [0.25, 0.3) is 5.56 Å². The van der Waals surface area contributed by atoms with Crippen LogP contribution in [0.2, 0.25) is 0 Å². The molecule has 4 atom stereocenters. The zero-order valence-electron chi connectivity index (χ0n) is 10.8. The van der Waals surface area contributed by atoms with Crippen LogP contribution in [-0.2, 0) is 11.3 Å². The standard InChI is InChI=1S/C11H17N3O6/c1-12-2-5-3-14(11(19)13-9(5)18)10-8(17)7(16)6(4-15)20-10/h3,6-8,10,12,15-17H,2,4H2,1H3,(H,13,18,19)/t6-,7-,8-,10+/m1/s1. The Kier molecular flexibility index (Phi) is 4.35. The van der Waals surface area contributed by atoms with Crippen LogP contribution in [0.1, 0.15) is 11.8 Å². The second-order valence-corrected chi connectivity index (χ2v) is 4.58. The number of aromatic nitrogens is 2. The number of nitrogens with one attached hydrogen (secondary N) is 2. The van der Waals surface area contributed by atoms with E-state index >= 15 is 0 Å². The molecule has 2 rings (SSSR count). The number of hydrogen-bond donors (Lipinski definition) is 5. The van der Waals surface area contributed by atoms with Crippen molar-refractivity contribution in [1.29, 1.82) is 0 Å². The zero-order chi connectivity index (χ0) is 14.9. The first-order valence-corrected chi connectivity index (χ1v) is 6.11. The third kappa shape index (κ3) is 2.53. The van der Waals surface area contributed by atoms with Gasteiger partial charge in [0, 0.05) is 18.3 Å². The Bertz CT molecular complexity index is 582. The van der Waals surface area contributed by atoms with Gasteiger partial charge in [-0.05, 0) is 7.05 Å². The summed E-state index contributed by atoms with van der Waals surface area (Å²) in [5.74, 6) is 0. The third-order valence-corrected chi connectivity index (χ3v) is 3.20. The van der Waals surface area contributed by atoms with Crippen molar-refractivity contribution < 1.29 is 20.1 Å². The summed E-state index contributed by atoms with van der Waals surface area (Å²) in [4.78, 5) is 25.5. The van der Waals surface area contributed by atoms with E-state index in [1.807, 2.05) is 0 Å². The van der Waals surface area contributed by atoms with E-state index < -0.39 is 42.4 Å². The van der Waals surface area contributed by atoms with Gasteiger partial charge in [-0.3, -0.25) is 14.3 Å². The lowest BCUT2D eigenvalue weighted by Gasteiger charge is -2.17. The normalized spacial score (nSPS) is 29.8. The van der Waals surface area contributed by atoms with E-state index in [9.17, 15) is 19.8 Å². The van der Waals surface area contributed by atoms with E-state index in [0.717, 1.165) is 4.57 Å². The SMILES string of the molecule is CNCc1cn([C@H]2O[C@H](CO)[C@@H](O)[C@H]2O)c(=O)[nH]c1=O. The highest BCUT2D eigenvalue weighted by molar-refractivity contribution is 5.05. The smallest absolute Gasteiger partial charge is 0.330 e. The van der Waals surface area contributed by atoms with Crippen molar-refractivity contribution in [3.8, 4) is 0 Å². The molecular formula is C11H17N3O6. The number of aliphatic hydroxyl groups excluding tert-OH is 3. The second kappa shape index (κ2) is 5.85. The molecule has 0 aliphatic carbocycles. The highest BCUT2D eigenvalue weighted by Crippen LogP contribution is 2.27. The summed E-state index contributed by atoms with van der Waals surface area (Å²) < 4.78 is 6.24. The molecule has 9 nitrogen and oxygen atoms in total. The maximum atomic E-state index is 11.8. The molecule has 5 N–H and O–H groups in total. The predicted octanol–water partition coefficient (Wildman–Crippen LogP) is -3.13. The Morgan fingerprint density at radius 2 is 2.10 bits per heavy atom. The molecule has 1 aromatic rings. The summed E-state index contributed by atoms with van der Waals surface area (Å²) in [7, 11) is 1.64. The molecular weight excluding hydrogens is 270 g/mol. The van der Waals surface area contributed by atoms with Gasteiger partial charge >= 0.3 is 5.69 Å². The van der Waals surface area contributed by atoms with Crippen molar-refractivity contribution in [2.45, 2.75) is 31.1 Å². The molecule has 1 aliphatic rings.